The van der Waals surface area contributed by atoms with Crippen molar-refractivity contribution in [2.24, 2.45) is 0 Å². The molecule has 4 rings (SSSR count). The molecule has 0 aliphatic heterocycles. The Balaban J connectivity index is 1.59. The lowest BCUT2D eigenvalue weighted by Crippen LogP contribution is -2.52. The van der Waals surface area contributed by atoms with Gasteiger partial charge in [0.1, 0.15) is 24.2 Å². The van der Waals surface area contributed by atoms with Gasteiger partial charge < -0.3 is 9.73 Å². The molecule has 34 heavy (non-hydrogen) atoms. The van der Waals surface area contributed by atoms with Gasteiger partial charge in [-0.1, -0.05) is 26.2 Å². The molecule has 0 bridgehead atoms. The summed E-state index contributed by atoms with van der Waals surface area (Å²) in [5, 5.41) is 15.3. The van der Waals surface area contributed by atoms with Crippen LogP contribution in [0.3, 0.4) is 0 Å². The molecule has 1 saturated carbocycles. The van der Waals surface area contributed by atoms with Crippen LogP contribution in [0.1, 0.15) is 51.2 Å². The SMILES string of the molecule is CCC[C@@H](C(=O)NC1CCCC1)N(C(=O)Cn1nnc(-c2ccc(C)o2)n1)c1ccc(F)cc1. The number of halogens is 1. The Hall–Kier alpha value is -3.56. The van der Waals surface area contributed by atoms with Crippen LogP contribution >= 0.6 is 0 Å². The summed E-state index contributed by atoms with van der Waals surface area (Å²) in [5.74, 6) is 0.399. The van der Waals surface area contributed by atoms with Gasteiger partial charge in [-0.2, -0.15) is 4.80 Å². The average Bonchev–Trinajstić information content (AvgIpc) is 3.57. The van der Waals surface area contributed by atoms with Gasteiger partial charge in [-0.05, 0) is 67.8 Å². The number of nitrogens with zero attached hydrogens (tertiary/aromatic N) is 5. The minimum atomic E-state index is -0.737. The lowest BCUT2D eigenvalue weighted by molar-refractivity contribution is -0.127. The number of anilines is 1. The lowest BCUT2D eigenvalue weighted by Gasteiger charge is -2.31. The smallest absolute Gasteiger partial charge is 0.251 e. The molecular formula is C24H29FN6O3. The summed E-state index contributed by atoms with van der Waals surface area (Å²) in [6.45, 7) is 3.53. The number of aromatic nitrogens is 4. The Kier molecular flexibility index (Phi) is 7.34. The number of amides is 2. The number of nitrogens with one attached hydrogen (secondary N) is 1. The second-order valence-electron chi connectivity index (χ2n) is 8.59. The predicted molar refractivity (Wildman–Crippen MR) is 123 cm³/mol. The average molecular weight is 469 g/mol. The van der Waals surface area contributed by atoms with Crippen molar-refractivity contribution in [1.82, 2.24) is 25.5 Å². The van der Waals surface area contributed by atoms with Crippen molar-refractivity contribution in [3.05, 3.63) is 48.0 Å². The molecule has 9 nitrogen and oxygen atoms in total. The molecule has 1 N–H and O–H groups in total. The zero-order chi connectivity index (χ0) is 24.1. The number of hydrogen-bond donors (Lipinski definition) is 1. The van der Waals surface area contributed by atoms with E-state index in [9.17, 15) is 14.0 Å². The van der Waals surface area contributed by atoms with Crippen LogP contribution in [-0.2, 0) is 16.1 Å². The molecule has 1 aromatic carbocycles. The number of tetrazole rings is 1. The fourth-order valence-electron chi connectivity index (χ4n) is 4.28. The van der Waals surface area contributed by atoms with E-state index in [4.69, 9.17) is 4.42 Å². The quantitative estimate of drug-likeness (QED) is 0.514. The van der Waals surface area contributed by atoms with Crippen molar-refractivity contribution >= 4 is 17.5 Å². The van der Waals surface area contributed by atoms with Crippen LogP contribution in [0.4, 0.5) is 10.1 Å². The van der Waals surface area contributed by atoms with Gasteiger partial charge in [-0.15, -0.1) is 10.2 Å². The van der Waals surface area contributed by atoms with Gasteiger partial charge in [0.25, 0.3) is 5.91 Å². The molecule has 3 aromatic rings. The third-order valence-electron chi connectivity index (χ3n) is 5.94. The number of rotatable bonds is 9. The maximum Gasteiger partial charge on any atom is 0.251 e. The molecule has 1 atom stereocenters. The van der Waals surface area contributed by atoms with Crippen LogP contribution in [0.25, 0.3) is 11.6 Å². The molecule has 2 aromatic heterocycles. The summed E-state index contributed by atoms with van der Waals surface area (Å²) in [6.07, 6.45) is 5.19. The van der Waals surface area contributed by atoms with Crippen LogP contribution < -0.4 is 10.2 Å². The first-order chi connectivity index (χ1) is 16.4. The fraction of sp³-hybridized carbons (Fsp3) is 0.458. The van der Waals surface area contributed by atoms with Crippen molar-refractivity contribution in [3.63, 3.8) is 0 Å². The molecule has 180 valence electrons. The number of carbonyl (C=O) groups excluding carboxylic acids is 2. The van der Waals surface area contributed by atoms with Gasteiger partial charge in [-0.3, -0.25) is 14.5 Å². The monoisotopic (exact) mass is 468 g/mol. The van der Waals surface area contributed by atoms with E-state index in [0.717, 1.165) is 25.7 Å². The highest BCUT2D eigenvalue weighted by atomic mass is 19.1. The molecule has 2 heterocycles. The van der Waals surface area contributed by atoms with E-state index in [-0.39, 0.29) is 24.3 Å². The number of furan rings is 1. The second-order valence-corrected chi connectivity index (χ2v) is 8.59. The highest BCUT2D eigenvalue weighted by molar-refractivity contribution is 6.00. The lowest BCUT2D eigenvalue weighted by atomic mass is 10.1. The molecule has 2 amide bonds. The van der Waals surface area contributed by atoms with Crippen molar-refractivity contribution in [2.45, 2.75) is 71.0 Å². The van der Waals surface area contributed by atoms with Crippen LogP contribution in [0.2, 0.25) is 0 Å². The van der Waals surface area contributed by atoms with E-state index in [1.54, 1.807) is 12.1 Å². The van der Waals surface area contributed by atoms with E-state index in [0.29, 0.717) is 30.0 Å². The normalized spacial score (nSPS) is 14.8. The third kappa shape index (κ3) is 5.49. The van der Waals surface area contributed by atoms with Crippen molar-refractivity contribution < 1.29 is 18.4 Å². The van der Waals surface area contributed by atoms with Gasteiger partial charge in [-0.25, -0.2) is 4.39 Å². The van der Waals surface area contributed by atoms with E-state index >= 15 is 0 Å². The first kappa shape index (κ1) is 23.6. The third-order valence-corrected chi connectivity index (χ3v) is 5.94. The van der Waals surface area contributed by atoms with Crippen LogP contribution in [0.5, 0.6) is 0 Å². The Labute approximate surface area is 197 Å². The summed E-state index contributed by atoms with van der Waals surface area (Å²) in [6, 6.07) is 8.46. The first-order valence-corrected chi connectivity index (χ1v) is 11.7. The van der Waals surface area contributed by atoms with Crippen LogP contribution in [-0.4, -0.2) is 44.1 Å². The number of carbonyl (C=O) groups is 2. The van der Waals surface area contributed by atoms with Gasteiger partial charge >= 0.3 is 0 Å². The van der Waals surface area contributed by atoms with Gasteiger partial charge in [0.2, 0.25) is 11.7 Å². The Bertz CT molecular complexity index is 1120. The molecule has 1 aliphatic rings. The van der Waals surface area contributed by atoms with E-state index in [2.05, 4.69) is 20.7 Å². The summed E-state index contributed by atoms with van der Waals surface area (Å²) < 4.78 is 19.1. The second kappa shape index (κ2) is 10.6. The Morgan fingerprint density at radius 3 is 2.59 bits per heavy atom. The predicted octanol–water partition coefficient (Wildman–Crippen LogP) is 3.64. The maximum absolute atomic E-state index is 13.6. The molecule has 1 aliphatic carbocycles. The summed E-state index contributed by atoms with van der Waals surface area (Å²) in [5.41, 5.74) is 0.438. The highest BCUT2D eigenvalue weighted by Crippen LogP contribution is 2.24. The Morgan fingerprint density at radius 2 is 1.94 bits per heavy atom. The summed E-state index contributed by atoms with van der Waals surface area (Å²) in [4.78, 5) is 29.4. The minimum absolute atomic E-state index is 0.119. The summed E-state index contributed by atoms with van der Waals surface area (Å²) in [7, 11) is 0. The largest absolute Gasteiger partial charge is 0.458 e. The molecule has 0 spiro atoms. The molecule has 10 heteroatoms. The Morgan fingerprint density at radius 1 is 1.21 bits per heavy atom. The first-order valence-electron chi connectivity index (χ1n) is 11.7. The maximum atomic E-state index is 13.6. The van der Waals surface area contributed by atoms with Crippen molar-refractivity contribution in [2.75, 3.05) is 4.90 Å². The van der Waals surface area contributed by atoms with Crippen molar-refractivity contribution in [1.29, 1.82) is 0 Å². The molecule has 0 unspecified atom stereocenters. The molecule has 1 fully saturated rings. The number of aryl methyl sites for hydroxylation is 1. The topological polar surface area (TPSA) is 106 Å². The number of hydrogen-bond acceptors (Lipinski definition) is 6. The summed E-state index contributed by atoms with van der Waals surface area (Å²) >= 11 is 0. The van der Waals surface area contributed by atoms with Gasteiger partial charge in [0.05, 0.1) is 0 Å². The van der Waals surface area contributed by atoms with Crippen LogP contribution in [0.15, 0.2) is 40.8 Å². The fourth-order valence-corrected chi connectivity index (χ4v) is 4.28. The van der Waals surface area contributed by atoms with E-state index in [1.807, 2.05) is 13.8 Å². The van der Waals surface area contributed by atoms with Gasteiger partial charge in [0.15, 0.2) is 5.76 Å². The van der Waals surface area contributed by atoms with Crippen LogP contribution in [0, 0.1) is 12.7 Å². The molecule has 0 radical (unpaired) electrons. The zero-order valence-corrected chi connectivity index (χ0v) is 19.4. The van der Waals surface area contributed by atoms with E-state index in [1.165, 1.54) is 34.0 Å². The molecular weight excluding hydrogens is 439 g/mol. The van der Waals surface area contributed by atoms with Crippen molar-refractivity contribution in [3.8, 4) is 11.6 Å². The minimum Gasteiger partial charge on any atom is -0.458 e. The number of benzene rings is 1. The standard InChI is InChI=1S/C24H29FN6O3/c1-3-6-20(24(33)26-18-7-4-5-8-18)31(19-12-10-17(25)11-13-19)22(32)15-30-28-23(27-29-30)21-14-9-16(2)34-21/h9-14,18,20H,3-8,15H2,1-2H3,(H,26,33)/t20-/m0/s1. The zero-order valence-electron chi connectivity index (χ0n) is 19.4. The van der Waals surface area contributed by atoms with E-state index < -0.39 is 17.8 Å². The molecule has 0 saturated heterocycles. The van der Waals surface area contributed by atoms with Gasteiger partial charge in [0, 0.05) is 11.7 Å². The highest BCUT2D eigenvalue weighted by Gasteiger charge is 2.32.